The van der Waals surface area contributed by atoms with Gasteiger partial charge in [-0.25, -0.2) is 0 Å². The molecule has 0 saturated carbocycles. The molecule has 0 aliphatic rings. The second-order valence-corrected chi connectivity index (χ2v) is 5.95. The second-order valence-electron chi connectivity index (χ2n) is 4.56. The van der Waals surface area contributed by atoms with Crippen LogP contribution in [0.5, 0.6) is 0 Å². The second kappa shape index (κ2) is 6.33. The van der Waals surface area contributed by atoms with E-state index in [9.17, 15) is 4.79 Å². The maximum Gasteiger partial charge on any atom is 0.234 e. The van der Waals surface area contributed by atoms with Crippen LogP contribution in [0, 0.1) is 5.92 Å². The number of amides is 1. The summed E-state index contributed by atoms with van der Waals surface area (Å²) in [6.07, 6.45) is 0.599. The van der Waals surface area contributed by atoms with E-state index in [1.807, 2.05) is 43.3 Å². The Hall–Kier alpha value is -1.46. The van der Waals surface area contributed by atoms with Crippen LogP contribution in [-0.2, 0) is 4.79 Å². The van der Waals surface area contributed by atoms with E-state index in [4.69, 9.17) is 18.0 Å². The summed E-state index contributed by atoms with van der Waals surface area (Å²) < 4.78 is 1.03. The molecule has 0 aliphatic heterocycles. The fourth-order valence-electron chi connectivity index (χ4n) is 2.04. The Labute approximate surface area is 131 Å². The van der Waals surface area contributed by atoms with Gasteiger partial charge < -0.3 is 11.1 Å². The number of rotatable bonds is 4. The third-order valence-corrected chi connectivity index (χ3v) is 3.92. The van der Waals surface area contributed by atoms with E-state index in [2.05, 4.69) is 21.2 Å². The third-order valence-electron chi connectivity index (χ3n) is 3.14. The SMILES string of the molecule is CCC(C(=O)Nc1ccc2cc(Br)ccc2c1)C(N)=S. The zero-order chi connectivity index (χ0) is 14.7. The molecule has 2 rings (SSSR count). The summed E-state index contributed by atoms with van der Waals surface area (Å²) in [6, 6.07) is 11.8. The minimum absolute atomic E-state index is 0.156. The van der Waals surface area contributed by atoms with Gasteiger partial charge in [0, 0.05) is 10.2 Å². The highest BCUT2D eigenvalue weighted by Crippen LogP contribution is 2.23. The first-order valence-electron chi connectivity index (χ1n) is 6.30. The summed E-state index contributed by atoms with van der Waals surface area (Å²) in [6.45, 7) is 1.89. The number of thiocarbonyl (C=S) groups is 1. The molecule has 1 atom stereocenters. The van der Waals surface area contributed by atoms with Gasteiger partial charge in [0.25, 0.3) is 0 Å². The number of carbonyl (C=O) groups excluding carboxylic acids is 1. The number of fused-ring (bicyclic) bond motifs is 1. The molecule has 104 valence electrons. The minimum atomic E-state index is -0.425. The summed E-state index contributed by atoms with van der Waals surface area (Å²) in [4.78, 5) is 12.3. The number of benzene rings is 2. The number of hydrogen-bond acceptors (Lipinski definition) is 2. The molecule has 0 aliphatic carbocycles. The van der Waals surface area contributed by atoms with Crippen LogP contribution < -0.4 is 11.1 Å². The summed E-state index contributed by atoms with van der Waals surface area (Å²) in [5, 5.41) is 5.04. The molecule has 5 heteroatoms. The van der Waals surface area contributed by atoms with Gasteiger partial charge in [-0.3, -0.25) is 4.79 Å². The number of carbonyl (C=O) groups is 1. The molecule has 3 nitrogen and oxygen atoms in total. The molecule has 1 unspecified atom stereocenters. The average molecular weight is 351 g/mol. The molecule has 1 amide bonds. The third kappa shape index (κ3) is 3.35. The molecule has 0 spiro atoms. The quantitative estimate of drug-likeness (QED) is 0.823. The van der Waals surface area contributed by atoms with Crippen LogP contribution in [0.25, 0.3) is 10.8 Å². The molecule has 0 aromatic heterocycles. The van der Waals surface area contributed by atoms with Crippen molar-refractivity contribution in [1.82, 2.24) is 0 Å². The van der Waals surface area contributed by atoms with Crippen molar-refractivity contribution in [3.63, 3.8) is 0 Å². The Morgan fingerprint density at radius 3 is 2.60 bits per heavy atom. The zero-order valence-corrected chi connectivity index (χ0v) is 13.4. The van der Waals surface area contributed by atoms with Crippen molar-refractivity contribution in [1.29, 1.82) is 0 Å². The summed E-state index contributed by atoms with van der Waals surface area (Å²) in [5.41, 5.74) is 6.32. The first-order chi connectivity index (χ1) is 9.51. The first-order valence-corrected chi connectivity index (χ1v) is 7.51. The highest BCUT2D eigenvalue weighted by molar-refractivity contribution is 9.10. The van der Waals surface area contributed by atoms with Crippen LogP contribution in [0.2, 0.25) is 0 Å². The van der Waals surface area contributed by atoms with Crippen molar-refractivity contribution >= 4 is 55.5 Å². The lowest BCUT2D eigenvalue weighted by molar-refractivity contribution is -0.118. The Bertz CT molecular complexity index is 672. The number of halogens is 1. The molecule has 2 aromatic rings. The predicted octanol–water partition coefficient (Wildman–Crippen LogP) is 3.85. The average Bonchev–Trinajstić information content (AvgIpc) is 2.39. The van der Waals surface area contributed by atoms with Crippen molar-refractivity contribution in [2.24, 2.45) is 11.7 Å². The van der Waals surface area contributed by atoms with Gasteiger partial charge in [0.15, 0.2) is 0 Å². The molecule has 0 fully saturated rings. The van der Waals surface area contributed by atoms with Crippen molar-refractivity contribution < 1.29 is 4.79 Å². The molecular weight excluding hydrogens is 336 g/mol. The van der Waals surface area contributed by atoms with E-state index >= 15 is 0 Å². The fourth-order valence-corrected chi connectivity index (χ4v) is 2.69. The lowest BCUT2D eigenvalue weighted by Crippen LogP contribution is -2.32. The lowest BCUT2D eigenvalue weighted by Gasteiger charge is -2.13. The van der Waals surface area contributed by atoms with Gasteiger partial charge in [-0.05, 0) is 41.5 Å². The summed E-state index contributed by atoms with van der Waals surface area (Å²) in [5.74, 6) is -0.581. The first kappa shape index (κ1) is 14.9. The smallest absolute Gasteiger partial charge is 0.234 e. The van der Waals surface area contributed by atoms with Crippen molar-refractivity contribution in [3.8, 4) is 0 Å². The van der Waals surface area contributed by atoms with Gasteiger partial charge >= 0.3 is 0 Å². The lowest BCUT2D eigenvalue weighted by atomic mass is 10.1. The van der Waals surface area contributed by atoms with Crippen LogP contribution in [-0.4, -0.2) is 10.9 Å². The summed E-state index contributed by atoms with van der Waals surface area (Å²) in [7, 11) is 0. The molecule has 0 heterocycles. The Kier molecular flexibility index (Phi) is 4.73. The Balaban J connectivity index is 2.24. The highest BCUT2D eigenvalue weighted by Gasteiger charge is 2.19. The minimum Gasteiger partial charge on any atom is -0.393 e. The van der Waals surface area contributed by atoms with E-state index in [0.29, 0.717) is 6.42 Å². The van der Waals surface area contributed by atoms with Crippen LogP contribution >= 0.6 is 28.1 Å². The summed E-state index contributed by atoms with van der Waals surface area (Å²) >= 11 is 8.35. The molecule has 0 radical (unpaired) electrons. The Morgan fingerprint density at radius 1 is 1.30 bits per heavy atom. The van der Waals surface area contributed by atoms with Crippen LogP contribution in [0.15, 0.2) is 40.9 Å². The van der Waals surface area contributed by atoms with Crippen molar-refractivity contribution in [2.45, 2.75) is 13.3 Å². The van der Waals surface area contributed by atoms with Gasteiger partial charge in [-0.2, -0.15) is 0 Å². The van der Waals surface area contributed by atoms with Gasteiger partial charge in [-0.1, -0.05) is 47.2 Å². The van der Waals surface area contributed by atoms with E-state index < -0.39 is 5.92 Å². The molecule has 2 aromatic carbocycles. The molecule has 0 bridgehead atoms. The normalized spacial score (nSPS) is 12.1. The van der Waals surface area contributed by atoms with Crippen molar-refractivity contribution in [3.05, 3.63) is 40.9 Å². The standard InChI is InChI=1S/C15H15BrN2OS/c1-2-13(14(17)20)15(19)18-12-6-4-9-7-11(16)5-3-10(9)8-12/h3-8,13H,2H2,1H3,(H2,17,20)(H,18,19). The van der Waals surface area contributed by atoms with E-state index in [1.165, 1.54) is 0 Å². The van der Waals surface area contributed by atoms with Gasteiger partial charge in [0.1, 0.15) is 0 Å². The fraction of sp³-hybridized carbons (Fsp3) is 0.200. The molecule has 0 saturated heterocycles. The number of nitrogens with two attached hydrogens (primary N) is 1. The maximum atomic E-state index is 12.1. The molecule has 3 N–H and O–H groups in total. The highest BCUT2D eigenvalue weighted by atomic mass is 79.9. The molecular formula is C15H15BrN2OS. The Morgan fingerprint density at radius 2 is 1.95 bits per heavy atom. The van der Waals surface area contributed by atoms with Gasteiger partial charge in [0.2, 0.25) is 5.91 Å². The van der Waals surface area contributed by atoms with Gasteiger partial charge in [0.05, 0.1) is 10.9 Å². The monoisotopic (exact) mass is 350 g/mol. The van der Waals surface area contributed by atoms with Gasteiger partial charge in [-0.15, -0.1) is 0 Å². The van der Waals surface area contributed by atoms with Crippen LogP contribution in [0.1, 0.15) is 13.3 Å². The van der Waals surface area contributed by atoms with E-state index in [-0.39, 0.29) is 10.9 Å². The predicted molar refractivity (Wildman–Crippen MR) is 90.8 cm³/mol. The topological polar surface area (TPSA) is 55.1 Å². The number of anilines is 1. The maximum absolute atomic E-state index is 12.1. The zero-order valence-electron chi connectivity index (χ0n) is 11.0. The van der Waals surface area contributed by atoms with Crippen LogP contribution in [0.4, 0.5) is 5.69 Å². The number of nitrogens with one attached hydrogen (secondary N) is 1. The molecule has 20 heavy (non-hydrogen) atoms. The van der Waals surface area contributed by atoms with E-state index in [0.717, 1.165) is 20.9 Å². The largest absolute Gasteiger partial charge is 0.393 e. The number of hydrogen-bond donors (Lipinski definition) is 2. The van der Waals surface area contributed by atoms with E-state index in [1.54, 1.807) is 0 Å². The van der Waals surface area contributed by atoms with Crippen molar-refractivity contribution in [2.75, 3.05) is 5.32 Å². The van der Waals surface area contributed by atoms with Crippen LogP contribution in [0.3, 0.4) is 0 Å².